The van der Waals surface area contributed by atoms with E-state index in [0.29, 0.717) is 6.10 Å². The van der Waals surface area contributed by atoms with Gasteiger partial charge >= 0.3 is 0 Å². The van der Waals surface area contributed by atoms with Gasteiger partial charge in [-0.1, -0.05) is 0 Å². The predicted octanol–water partition coefficient (Wildman–Crippen LogP) is 2.50. The third-order valence-corrected chi connectivity index (χ3v) is 3.90. The first kappa shape index (κ1) is 22.3. The Labute approximate surface area is 156 Å². The second-order valence-electron chi connectivity index (χ2n) is 5.10. The number of rotatable bonds is 11. The molecule has 2 N–H and O–H groups in total. The molecule has 1 heterocycles. The normalized spacial score (nSPS) is 18.1. The first-order valence-electron chi connectivity index (χ1n) is 8.07. The van der Waals surface area contributed by atoms with Gasteiger partial charge in [-0.2, -0.15) is 11.8 Å². The van der Waals surface area contributed by atoms with Crippen molar-refractivity contribution in [1.82, 2.24) is 10.6 Å². The van der Waals surface area contributed by atoms with Crippen molar-refractivity contribution in [2.24, 2.45) is 4.99 Å². The van der Waals surface area contributed by atoms with E-state index in [0.717, 1.165) is 64.7 Å². The number of nitrogens with one attached hydrogen (secondary N) is 2. The van der Waals surface area contributed by atoms with Crippen LogP contribution in [0.2, 0.25) is 0 Å². The molecule has 1 aliphatic rings. The van der Waals surface area contributed by atoms with E-state index >= 15 is 0 Å². The van der Waals surface area contributed by atoms with E-state index in [9.17, 15) is 0 Å². The van der Waals surface area contributed by atoms with E-state index in [4.69, 9.17) is 9.47 Å². The number of thioether (sulfide) groups is 1. The molecule has 1 atom stereocenters. The molecule has 7 heteroatoms. The summed E-state index contributed by atoms with van der Waals surface area (Å²) >= 11 is 1.87. The van der Waals surface area contributed by atoms with Crippen molar-refractivity contribution in [2.75, 3.05) is 51.5 Å². The molecule has 0 radical (unpaired) electrons. The Bertz CT molecular complexity index is 278. The van der Waals surface area contributed by atoms with Gasteiger partial charge in [-0.25, -0.2) is 0 Å². The van der Waals surface area contributed by atoms with Crippen molar-refractivity contribution < 1.29 is 9.47 Å². The van der Waals surface area contributed by atoms with E-state index < -0.39 is 0 Å². The Hall–Kier alpha value is 0.270. The highest BCUT2D eigenvalue weighted by molar-refractivity contribution is 14.0. The molecular weight excluding hydrogens is 413 g/mol. The minimum Gasteiger partial charge on any atom is -0.379 e. The van der Waals surface area contributed by atoms with Crippen molar-refractivity contribution in [3.05, 3.63) is 0 Å². The molecule has 0 saturated carbocycles. The lowest BCUT2D eigenvalue weighted by atomic mass is 10.2. The second kappa shape index (κ2) is 16.1. The maximum absolute atomic E-state index is 5.64. The van der Waals surface area contributed by atoms with Crippen LogP contribution in [-0.4, -0.2) is 63.5 Å². The van der Waals surface area contributed by atoms with Crippen LogP contribution in [-0.2, 0) is 9.47 Å². The van der Waals surface area contributed by atoms with E-state index in [-0.39, 0.29) is 24.0 Å². The van der Waals surface area contributed by atoms with Crippen LogP contribution in [0.15, 0.2) is 4.99 Å². The zero-order chi connectivity index (χ0) is 15.2. The third-order valence-electron chi connectivity index (χ3n) is 3.21. The van der Waals surface area contributed by atoms with Crippen molar-refractivity contribution in [1.29, 1.82) is 0 Å². The zero-order valence-electron chi connectivity index (χ0n) is 13.9. The summed E-state index contributed by atoms with van der Waals surface area (Å²) in [6.45, 7) is 7.16. The molecule has 0 aromatic rings. The summed E-state index contributed by atoms with van der Waals surface area (Å²) in [4.78, 5) is 4.55. The molecule has 5 nitrogen and oxygen atoms in total. The van der Waals surface area contributed by atoms with Gasteiger partial charge in [0, 0.05) is 32.8 Å². The van der Waals surface area contributed by atoms with Crippen LogP contribution in [0.1, 0.15) is 32.6 Å². The summed E-state index contributed by atoms with van der Waals surface area (Å²) < 4.78 is 11.2. The molecule has 0 amide bonds. The van der Waals surface area contributed by atoms with Crippen molar-refractivity contribution in [2.45, 2.75) is 38.7 Å². The lowest BCUT2D eigenvalue weighted by molar-refractivity contribution is 0.0168. The lowest BCUT2D eigenvalue weighted by Crippen LogP contribution is -2.38. The predicted molar refractivity (Wildman–Crippen MR) is 107 cm³/mol. The average Bonchev–Trinajstić information content (AvgIpc) is 3.00. The zero-order valence-corrected chi connectivity index (χ0v) is 17.1. The summed E-state index contributed by atoms with van der Waals surface area (Å²) in [5, 5.41) is 6.61. The SMILES string of the molecule is CCNC(=NCCCSC)NCCCOCC1CCCO1.I. The fourth-order valence-corrected chi connectivity index (χ4v) is 2.53. The molecule has 1 aliphatic heterocycles. The smallest absolute Gasteiger partial charge is 0.191 e. The van der Waals surface area contributed by atoms with E-state index in [1.54, 1.807) is 0 Å². The number of nitrogens with zero attached hydrogens (tertiary/aromatic N) is 1. The second-order valence-corrected chi connectivity index (χ2v) is 6.08. The molecule has 1 unspecified atom stereocenters. The molecule has 0 bridgehead atoms. The Kier molecular flexibility index (Phi) is 16.3. The van der Waals surface area contributed by atoms with Gasteiger partial charge in [0.2, 0.25) is 0 Å². The van der Waals surface area contributed by atoms with Crippen molar-refractivity contribution in [3.8, 4) is 0 Å². The number of hydrogen-bond donors (Lipinski definition) is 2. The number of hydrogen-bond acceptors (Lipinski definition) is 4. The monoisotopic (exact) mass is 445 g/mol. The molecule has 0 aliphatic carbocycles. The van der Waals surface area contributed by atoms with Gasteiger partial charge < -0.3 is 20.1 Å². The average molecular weight is 445 g/mol. The highest BCUT2D eigenvalue weighted by atomic mass is 127. The topological polar surface area (TPSA) is 54.9 Å². The Balaban J connectivity index is 0.00000441. The van der Waals surface area contributed by atoms with Gasteiger partial charge in [0.15, 0.2) is 5.96 Å². The number of ether oxygens (including phenoxy) is 2. The molecular formula is C15H32IN3O2S. The molecule has 0 spiro atoms. The van der Waals surface area contributed by atoms with Crippen molar-refractivity contribution in [3.63, 3.8) is 0 Å². The molecule has 132 valence electrons. The quantitative estimate of drug-likeness (QED) is 0.222. The van der Waals surface area contributed by atoms with E-state index in [1.165, 1.54) is 12.2 Å². The van der Waals surface area contributed by atoms with Gasteiger partial charge in [-0.15, -0.1) is 24.0 Å². The van der Waals surface area contributed by atoms with E-state index in [2.05, 4.69) is 28.8 Å². The fraction of sp³-hybridized carbons (Fsp3) is 0.933. The van der Waals surface area contributed by atoms with Crippen LogP contribution in [0.5, 0.6) is 0 Å². The van der Waals surface area contributed by atoms with Gasteiger partial charge in [0.25, 0.3) is 0 Å². The van der Waals surface area contributed by atoms with E-state index in [1.807, 2.05) is 11.8 Å². The molecule has 1 saturated heterocycles. The largest absolute Gasteiger partial charge is 0.379 e. The Morgan fingerprint density at radius 3 is 2.91 bits per heavy atom. The number of aliphatic imine (C=N–C) groups is 1. The summed E-state index contributed by atoms with van der Waals surface area (Å²) in [5.41, 5.74) is 0. The van der Waals surface area contributed by atoms with Gasteiger partial charge in [0.1, 0.15) is 0 Å². The van der Waals surface area contributed by atoms with Crippen LogP contribution in [0.25, 0.3) is 0 Å². The summed E-state index contributed by atoms with van der Waals surface area (Å²) in [7, 11) is 0. The minimum atomic E-state index is 0. The standard InChI is InChI=1S/C15H31N3O2S.HI/c1-3-16-15(18-9-6-12-21-2)17-8-5-10-19-13-14-7-4-11-20-14;/h14H,3-13H2,1-2H3,(H2,16,17,18);1H. The van der Waals surface area contributed by atoms with Gasteiger partial charge in [0.05, 0.1) is 12.7 Å². The van der Waals surface area contributed by atoms with Crippen LogP contribution in [0, 0.1) is 0 Å². The van der Waals surface area contributed by atoms with Crippen LogP contribution >= 0.6 is 35.7 Å². The highest BCUT2D eigenvalue weighted by Crippen LogP contribution is 2.11. The first-order chi connectivity index (χ1) is 10.4. The third kappa shape index (κ3) is 11.8. The fourth-order valence-electron chi connectivity index (χ4n) is 2.11. The highest BCUT2D eigenvalue weighted by Gasteiger charge is 2.14. The summed E-state index contributed by atoms with van der Waals surface area (Å²) in [6, 6.07) is 0. The van der Waals surface area contributed by atoms with Crippen LogP contribution in [0.4, 0.5) is 0 Å². The number of halogens is 1. The summed E-state index contributed by atoms with van der Waals surface area (Å²) in [6.07, 6.45) is 6.89. The molecule has 0 aromatic carbocycles. The number of guanidine groups is 1. The maximum atomic E-state index is 5.64. The maximum Gasteiger partial charge on any atom is 0.191 e. The van der Waals surface area contributed by atoms with Crippen molar-refractivity contribution >= 4 is 41.7 Å². The molecule has 0 aromatic heterocycles. The molecule has 1 fully saturated rings. The molecule has 22 heavy (non-hydrogen) atoms. The van der Waals surface area contributed by atoms with Gasteiger partial charge in [-0.3, -0.25) is 4.99 Å². The first-order valence-corrected chi connectivity index (χ1v) is 9.46. The Morgan fingerprint density at radius 1 is 1.36 bits per heavy atom. The van der Waals surface area contributed by atoms with Crippen LogP contribution < -0.4 is 10.6 Å². The lowest BCUT2D eigenvalue weighted by Gasteiger charge is -2.12. The van der Waals surface area contributed by atoms with Gasteiger partial charge in [-0.05, 0) is 44.6 Å². The summed E-state index contributed by atoms with van der Waals surface area (Å²) in [5.74, 6) is 2.08. The Morgan fingerprint density at radius 2 is 2.23 bits per heavy atom. The van der Waals surface area contributed by atoms with Crippen LogP contribution in [0.3, 0.4) is 0 Å². The molecule has 1 rings (SSSR count). The minimum absolute atomic E-state index is 0.